The molecule has 0 saturated heterocycles. The maximum atomic E-state index is 12.8. The molecule has 1 aliphatic rings. The van der Waals surface area contributed by atoms with E-state index < -0.39 is 0 Å². The molecule has 5 heteroatoms. The van der Waals surface area contributed by atoms with E-state index in [-0.39, 0.29) is 12.1 Å². The van der Waals surface area contributed by atoms with Crippen LogP contribution in [0.2, 0.25) is 0 Å². The smallest absolute Gasteiger partial charge is 0.322 e. The molecule has 1 unspecified atom stereocenters. The largest absolute Gasteiger partial charge is 0.370 e. The third-order valence-electron chi connectivity index (χ3n) is 5.47. The topological polar surface area (TPSA) is 48.5 Å². The third-order valence-corrected chi connectivity index (χ3v) is 5.47. The lowest BCUT2D eigenvalue weighted by molar-refractivity contribution is 0.208. The van der Waals surface area contributed by atoms with Crippen LogP contribution in [0.25, 0.3) is 0 Å². The molecule has 1 saturated carbocycles. The number of pyridine rings is 1. The summed E-state index contributed by atoms with van der Waals surface area (Å²) < 4.78 is 0. The van der Waals surface area contributed by atoms with Gasteiger partial charge in [0.1, 0.15) is 0 Å². The fourth-order valence-corrected chi connectivity index (χ4v) is 3.60. The van der Waals surface area contributed by atoms with Crippen molar-refractivity contribution in [2.45, 2.75) is 44.7 Å². The van der Waals surface area contributed by atoms with E-state index in [2.05, 4.69) is 28.3 Å². The summed E-state index contributed by atoms with van der Waals surface area (Å²) in [5.74, 6) is 0. The van der Waals surface area contributed by atoms with Gasteiger partial charge in [-0.15, -0.1) is 0 Å². The molecule has 0 radical (unpaired) electrons. The molecule has 1 aromatic carbocycles. The molecule has 3 rings (SSSR count). The Kier molecular flexibility index (Phi) is 5.76. The quantitative estimate of drug-likeness (QED) is 0.849. The number of nitrogens with one attached hydrogen (secondary N) is 1. The third kappa shape index (κ3) is 3.98. The zero-order valence-corrected chi connectivity index (χ0v) is 15.9. The summed E-state index contributed by atoms with van der Waals surface area (Å²) >= 11 is 0. The minimum absolute atomic E-state index is 0.0524. The van der Waals surface area contributed by atoms with Gasteiger partial charge in [-0.1, -0.05) is 31.0 Å². The summed E-state index contributed by atoms with van der Waals surface area (Å²) in [4.78, 5) is 21.0. The maximum Gasteiger partial charge on any atom is 0.322 e. The fourth-order valence-electron chi connectivity index (χ4n) is 3.60. The van der Waals surface area contributed by atoms with Crippen molar-refractivity contribution in [1.29, 1.82) is 0 Å². The van der Waals surface area contributed by atoms with Crippen LogP contribution >= 0.6 is 0 Å². The predicted molar refractivity (Wildman–Crippen MR) is 107 cm³/mol. The molecule has 2 amide bonds. The Hall–Kier alpha value is -2.56. The number of hydrogen-bond acceptors (Lipinski definition) is 3. The Morgan fingerprint density at radius 2 is 1.88 bits per heavy atom. The minimum atomic E-state index is -0.117. The van der Waals surface area contributed by atoms with Gasteiger partial charge in [0.25, 0.3) is 0 Å². The van der Waals surface area contributed by atoms with Crippen LogP contribution in [0.5, 0.6) is 0 Å². The lowest BCUT2D eigenvalue weighted by Crippen LogP contribution is -2.35. The number of nitrogens with zero attached hydrogens (tertiary/aromatic N) is 3. The number of amides is 2. The lowest BCUT2D eigenvalue weighted by atomic mass is 10.1. The van der Waals surface area contributed by atoms with Crippen LogP contribution in [-0.2, 0) is 0 Å². The molecule has 1 N–H and O–H groups in total. The van der Waals surface area contributed by atoms with Gasteiger partial charge in [-0.25, -0.2) is 4.79 Å². The molecule has 2 aromatic rings. The van der Waals surface area contributed by atoms with Crippen molar-refractivity contribution >= 4 is 17.4 Å². The summed E-state index contributed by atoms with van der Waals surface area (Å²) in [6, 6.07) is 12.3. The number of urea groups is 1. The first-order valence-corrected chi connectivity index (χ1v) is 9.33. The SMILES string of the molecule is CC(c1cccnc1)N(C)C(=O)Nc1ccccc1N(C)C1CCCC1. The normalized spacial score (nSPS) is 15.5. The highest BCUT2D eigenvalue weighted by Gasteiger charge is 2.23. The van der Waals surface area contributed by atoms with Crippen molar-refractivity contribution in [2.75, 3.05) is 24.3 Å². The molecule has 26 heavy (non-hydrogen) atoms. The summed E-state index contributed by atoms with van der Waals surface area (Å²) in [6.45, 7) is 2.01. The van der Waals surface area contributed by atoms with E-state index in [1.165, 1.54) is 25.7 Å². The van der Waals surface area contributed by atoms with Gasteiger partial charge < -0.3 is 15.1 Å². The van der Waals surface area contributed by atoms with Crippen molar-refractivity contribution in [3.05, 3.63) is 54.4 Å². The first kappa shape index (κ1) is 18.2. The minimum Gasteiger partial charge on any atom is -0.370 e. The van der Waals surface area contributed by atoms with Crippen LogP contribution < -0.4 is 10.2 Å². The van der Waals surface area contributed by atoms with Crippen molar-refractivity contribution < 1.29 is 4.79 Å². The van der Waals surface area contributed by atoms with Gasteiger partial charge in [-0.3, -0.25) is 4.98 Å². The van der Waals surface area contributed by atoms with Crippen LogP contribution in [0.4, 0.5) is 16.2 Å². The Morgan fingerprint density at radius 1 is 1.15 bits per heavy atom. The molecule has 5 nitrogen and oxygen atoms in total. The molecule has 1 fully saturated rings. The van der Waals surface area contributed by atoms with Gasteiger partial charge in [0.15, 0.2) is 0 Å². The lowest BCUT2D eigenvalue weighted by Gasteiger charge is -2.30. The maximum absolute atomic E-state index is 12.8. The van der Waals surface area contributed by atoms with Crippen LogP contribution in [0.1, 0.15) is 44.2 Å². The molecule has 0 bridgehead atoms. The Morgan fingerprint density at radius 3 is 2.58 bits per heavy atom. The molecule has 1 aromatic heterocycles. The second-order valence-corrected chi connectivity index (χ2v) is 7.07. The van der Waals surface area contributed by atoms with Crippen molar-refractivity contribution in [1.82, 2.24) is 9.88 Å². The number of aromatic nitrogens is 1. The number of anilines is 2. The van der Waals surface area contributed by atoms with Crippen LogP contribution in [0.15, 0.2) is 48.8 Å². The van der Waals surface area contributed by atoms with E-state index in [0.29, 0.717) is 6.04 Å². The molecular weight excluding hydrogens is 324 g/mol. The highest BCUT2D eigenvalue weighted by atomic mass is 16.2. The van der Waals surface area contributed by atoms with Crippen molar-refractivity contribution in [2.24, 2.45) is 0 Å². The standard InChI is InChI=1S/C21H28N4O/c1-16(17-9-8-14-22-15-17)24(2)21(26)23-19-12-6-7-13-20(19)25(3)18-10-4-5-11-18/h6-9,12-16,18H,4-5,10-11H2,1-3H3,(H,23,26). The molecule has 1 heterocycles. The summed E-state index contributed by atoms with van der Waals surface area (Å²) in [6.07, 6.45) is 8.55. The molecule has 0 aliphatic heterocycles. The molecular formula is C21H28N4O. The monoisotopic (exact) mass is 352 g/mol. The van der Waals surface area contributed by atoms with Gasteiger partial charge in [-0.2, -0.15) is 0 Å². The van der Waals surface area contributed by atoms with E-state index in [1.54, 1.807) is 17.3 Å². The van der Waals surface area contributed by atoms with Gasteiger partial charge in [0.05, 0.1) is 17.4 Å². The number of benzene rings is 1. The van der Waals surface area contributed by atoms with Gasteiger partial charge >= 0.3 is 6.03 Å². The zero-order chi connectivity index (χ0) is 18.5. The molecule has 1 atom stereocenters. The summed E-state index contributed by atoms with van der Waals surface area (Å²) in [7, 11) is 3.94. The van der Waals surface area contributed by atoms with Crippen LogP contribution in [0.3, 0.4) is 0 Å². The van der Waals surface area contributed by atoms with Crippen LogP contribution in [-0.4, -0.2) is 36.1 Å². The van der Waals surface area contributed by atoms with Crippen molar-refractivity contribution in [3.63, 3.8) is 0 Å². The van der Waals surface area contributed by atoms with E-state index in [1.807, 2.05) is 44.3 Å². The average molecular weight is 352 g/mol. The Labute approximate surface area is 156 Å². The fraction of sp³-hybridized carbons (Fsp3) is 0.429. The number of carbonyl (C=O) groups excluding carboxylic acids is 1. The number of rotatable bonds is 5. The van der Waals surface area contributed by atoms with E-state index in [4.69, 9.17) is 0 Å². The van der Waals surface area contributed by atoms with Gasteiger partial charge in [0, 0.05) is 32.5 Å². The zero-order valence-electron chi connectivity index (χ0n) is 15.9. The highest BCUT2D eigenvalue weighted by Crippen LogP contribution is 2.32. The Balaban J connectivity index is 1.73. The van der Waals surface area contributed by atoms with Crippen molar-refractivity contribution in [3.8, 4) is 0 Å². The number of hydrogen-bond donors (Lipinski definition) is 1. The van der Waals surface area contributed by atoms with E-state index in [9.17, 15) is 4.79 Å². The van der Waals surface area contributed by atoms with Crippen LogP contribution in [0, 0.1) is 0 Å². The number of carbonyl (C=O) groups is 1. The molecule has 138 valence electrons. The second kappa shape index (κ2) is 8.21. The summed E-state index contributed by atoms with van der Waals surface area (Å²) in [5, 5.41) is 3.09. The predicted octanol–water partition coefficient (Wildman–Crippen LogP) is 4.69. The molecule has 1 aliphatic carbocycles. The first-order chi connectivity index (χ1) is 12.6. The Bertz CT molecular complexity index is 728. The van der Waals surface area contributed by atoms with E-state index in [0.717, 1.165) is 16.9 Å². The summed E-state index contributed by atoms with van der Waals surface area (Å²) in [5.41, 5.74) is 2.95. The first-order valence-electron chi connectivity index (χ1n) is 9.33. The van der Waals surface area contributed by atoms with E-state index >= 15 is 0 Å². The average Bonchev–Trinajstić information content (AvgIpc) is 3.22. The highest BCUT2D eigenvalue weighted by molar-refractivity contribution is 5.93. The van der Waals surface area contributed by atoms with Gasteiger partial charge in [0.2, 0.25) is 0 Å². The second-order valence-electron chi connectivity index (χ2n) is 7.07. The number of para-hydroxylation sites is 2. The van der Waals surface area contributed by atoms with Gasteiger partial charge in [-0.05, 0) is 43.5 Å². The molecule has 0 spiro atoms.